The van der Waals surface area contributed by atoms with Gasteiger partial charge in [0, 0.05) is 13.1 Å². The number of aromatic amines is 1. The first-order valence-electron chi connectivity index (χ1n) is 9.46. The van der Waals surface area contributed by atoms with Gasteiger partial charge in [0.2, 0.25) is 0 Å². The van der Waals surface area contributed by atoms with Crippen molar-refractivity contribution in [3.8, 4) is 6.01 Å². The number of H-pyrrole nitrogens is 1. The number of nitrogens with zero attached hydrogens (tertiary/aromatic N) is 2. The number of aromatic nitrogens is 2. The summed E-state index contributed by atoms with van der Waals surface area (Å²) in [5.74, 6) is 0.646. The maximum atomic E-state index is 12.1. The molecule has 0 atom stereocenters. The predicted molar refractivity (Wildman–Crippen MR) is 101 cm³/mol. The smallest absolute Gasteiger partial charge is 0.410 e. The van der Waals surface area contributed by atoms with Gasteiger partial charge in [-0.1, -0.05) is 12.1 Å². The average molecular weight is 359 g/mol. The molecule has 1 aromatic carbocycles. The monoisotopic (exact) mass is 359 g/mol. The summed E-state index contributed by atoms with van der Waals surface area (Å²) in [5.41, 5.74) is 1.50. The second-order valence-electron chi connectivity index (χ2n) is 7.96. The first kappa shape index (κ1) is 18.5. The number of para-hydroxylation sites is 2. The van der Waals surface area contributed by atoms with E-state index >= 15 is 0 Å². The lowest BCUT2D eigenvalue weighted by Crippen LogP contribution is -2.41. The van der Waals surface area contributed by atoms with E-state index in [2.05, 4.69) is 9.97 Å². The van der Waals surface area contributed by atoms with E-state index in [9.17, 15) is 4.79 Å². The van der Waals surface area contributed by atoms with Crippen LogP contribution < -0.4 is 4.74 Å². The normalized spacial score (nSPS) is 16.0. The highest BCUT2D eigenvalue weighted by atomic mass is 16.6. The molecule has 6 heteroatoms. The number of fused-ring (bicyclic) bond motifs is 1. The molecule has 1 aromatic heterocycles. The molecule has 0 bridgehead atoms. The molecular weight excluding hydrogens is 330 g/mol. The van der Waals surface area contributed by atoms with E-state index in [0.717, 1.165) is 49.8 Å². The van der Waals surface area contributed by atoms with E-state index < -0.39 is 5.60 Å². The van der Waals surface area contributed by atoms with E-state index in [1.165, 1.54) is 0 Å². The van der Waals surface area contributed by atoms with Crippen LogP contribution in [0.15, 0.2) is 24.3 Å². The summed E-state index contributed by atoms with van der Waals surface area (Å²) in [6.45, 7) is 7.93. The highest BCUT2D eigenvalue weighted by Gasteiger charge is 2.26. The van der Waals surface area contributed by atoms with Crippen molar-refractivity contribution in [3.05, 3.63) is 24.3 Å². The van der Waals surface area contributed by atoms with Crippen LogP contribution in [0.2, 0.25) is 0 Å². The third-order valence-corrected chi connectivity index (χ3v) is 4.63. The van der Waals surface area contributed by atoms with Crippen molar-refractivity contribution in [2.24, 2.45) is 5.92 Å². The first-order valence-corrected chi connectivity index (χ1v) is 9.46. The molecule has 2 heterocycles. The second kappa shape index (κ2) is 7.98. The van der Waals surface area contributed by atoms with Crippen molar-refractivity contribution in [3.63, 3.8) is 0 Å². The third-order valence-electron chi connectivity index (χ3n) is 4.63. The van der Waals surface area contributed by atoms with Gasteiger partial charge >= 0.3 is 6.09 Å². The van der Waals surface area contributed by atoms with Gasteiger partial charge in [-0.05, 0) is 64.5 Å². The van der Waals surface area contributed by atoms with Gasteiger partial charge in [-0.2, -0.15) is 4.98 Å². The van der Waals surface area contributed by atoms with Gasteiger partial charge in [-0.25, -0.2) is 4.79 Å². The number of hydrogen-bond donors (Lipinski definition) is 1. The van der Waals surface area contributed by atoms with Crippen molar-refractivity contribution < 1.29 is 14.3 Å². The van der Waals surface area contributed by atoms with E-state index in [4.69, 9.17) is 9.47 Å². The lowest BCUT2D eigenvalue weighted by Gasteiger charge is -2.33. The molecule has 0 saturated carbocycles. The number of benzene rings is 1. The molecule has 142 valence electrons. The third kappa shape index (κ3) is 5.13. The Hall–Kier alpha value is -2.24. The predicted octanol–water partition coefficient (Wildman–Crippen LogP) is 4.37. The van der Waals surface area contributed by atoms with Gasteiger partial charge in [0.05, 0.1) is 17.6 Å². The Bertz CT molecular complexity index is 694. The number of piperidine rings is 1. The molecule has 1 aliphatic rings. The van der Waals surface area contributed by atoms with Gasteiger partial charge in [0.15, 0.2) is 0 Å². The second-order valence-corrected chi connectivity index (χ2v) is 7.96. The fraction of sp³-hybridized carbons (Fsp3) is 0.600. The molecule has 1 aliphatic heterocycles. The van der Waals surface area contributed by atoms with Crippen LogP contribution in [0.1, 0.15) is 46.5 Å². The molecule has 6 nitrogen and oxygen atoms in total. The van der Waals surface area contributed by atoms with Crippen molar-refractivity contribution >= 4 is 17.1 Å². The number of nitrogens with one attached hydrogen (secondary N) is 1. The number of ether oxygens (including phenoxy) is 2. The van der Waals surface area contributed by atoms with Crippen LogP contribution >= 0.6 is 0 Å². The highest BCUT2D eigenvalue weighted by molar-refractivity contribution is 5.75. The first-order chi connectivity index (χ1) is 12.4. The summed E-state index contributed by atoms with van der Waals surface area (Å²) in [7, 11) is 0. The summed E-state index contributed by atoms with van der Waals surface area (Å²) >= 11 is 0. The van der Waals surface area contributed by atoms with Crippen LogP contribution in [-0.2, 0) is 4.74 Å². The van der Waals surface area contributed by atoms with E-state index in [-0.39, 0.29) is 6.09 Å². The lowest BCUT2D eigenvalue weighted by atomic mass is 9.92. The maximum Gasteiger partial charge on any atom is 0.410 e. The minimum absolute atomic E-state index is 0.191. The van der Waals surface area contributed by atoms with Crippen molar-refractivity contribution in [2.45, 2.75) is 52.1 Å². The average Bonchev–Trinajstić information content (AvgIpc) is 3.00. The molecule has 3 rings (SSSR count). The summed E-state index contributed by atoms with van der Waals surface area (Å²) < 4.78 is 11.2. The Morgan fingerprint density at radius 1 is 1.27 bits per heavy atom. The van der Waals surface area contributed by atoms with Gasteiger partial charge < -0.3 is 19.4 Å². The molecule has 0 radical (unpaired) electrons. The van der Waals surface area contributed by atoms with Crippen molar-refractivity contribution in [1.29, 1.82) is 0 Å². The minimum Gasteiger partial charge on any atom is -0.465 e. The van der Waals surface area contributed by atoms with Crippen LogP contribution in [0.4, 0.5) is 4.79 Å². The number of carbonyl (C=O) groups is 1. The Labute approximate surface area is 154 Å². The molecule has 0 unspecified atom stereocenters. The summed E-state index contributed by atoms with van der Waals surface area (Å²) in [5, 5.41) is 0. The van der Waals surface area contributed by atoms with Crippen LogP contribution in [0.5, 0.6) is 6.01 Å². The van der Waals surface area contributed by atoms with Crippen molar-refractivity contribution in [2.75, 3.05) is 19.7 Å². The fourth-order valence-corrected chi connectivity index (χ4v) is 3.27. The zero-order valence-electron chi connectivity index (χ0n) is 16.0. The number of likely N-dealkylation sites (tertiary alicyclic amines) is 1. The lowest BCUT2D eigenvalue weighted by molar-refractivity contribution is 0.0179. The molecule has 1 fully saturated rings. The summed E-state index contributed by atoms with van der Waals surface area (Å²) in [6.07, 6.45) is 3.98. The number of imidazole rings is 1. The topological polar surface area (TPSA) is 67.4 Å². The molecule has 0 spiro atoms. The van der Waals surface area contributed by atoms with E-state index in [0.29, 0.717) is 18.5 Å². The van der Waals surface area contributed by atoms with Gasteiger partial charge in [-0.3, -0.25) is 0 Å². The molecule has 1 saturated heterocycles. The summed E-state index contributed by atoms with van der Waals surface area (Å²) in [4.78, 5) is 21.5. The molecule has 26 heavy (non-hydrogen) atoms. The van der Waals surface area contributed by atoms with E-state index in [1.54, 1.807) is 0 Å². The fourth-order valence-electron chi connectivity index (χ4n) is 3.27. The maximum absolute atomic E-state index is 12.1. The zero-order valence-corrected chi connectivity index (χ0v) is 16.0. The van der Waals surface area contributed by atoms with Crippen LogP contribution in [0.3, 0.4) is 0 Å². The van der Waals surface area contributed by atoms with Gasteiger partial charge in [0.25, 0.3) is 6.01 Å². The van der Waals surface area contributed by atoms with Crippen molar-refractivity contribution in [1.82, 2.24) is 14.9 Å². The molecular formula is C20H29N3O3. The Kier molecular flexibility index (Phi) is 5.69. The number of hydrogen-bond acceptors (Lipinski definition) is 4. The molecule has 1 N–H and O–H groups in total. The largest absolute Gasteiger partial charge is 0.465 e. The number of amides is 1. The van der Waals surface area contributed by atoms with Gasteiger partial charge in [0.1, 0.15) is 5.60 Å². The SMILES string of the molecule is CC(C)(C)OC(=O)N1CCC(CCCOc2nc3ccccc3[nH]2)CC1. The standard InChI is InChI=1S/C20H29N3O3/c1-20(2,3)26-19(24)23-12-10-15(11-13-23)7-6-14-25-18-21-16-8-4-5-9-17(16)22-18/h4-5,8-9,15H,6-7,10-14H2,1-3H3,(H,21,22). The quantitative estimate of drug-likeness (QED) is 0.805. The zero-order chi connectivity index (χ0) is 18.6. The Morgan fingerprint density at radius 2 is 2.00 bits per heavy atom. The highest BCUT2D eigenvalue weighted by Crippen LogP contribution is 2.23. The minimum atomic E-state index is -0.429. The van der Waals surface area contributed by atoms with Crippen LogP contribution in [0, 0.1) is 5.92 Å². The summed E-state index contributed by atoms with van der Waals surface area (Å²) in [6, 6.07) is 8.50. The molecule has 0 aliphatic carbocycles. The number of carbonyl (C=O) groups excluding carboxylic acids is 1. The van der Waals surface area contributed by atoms with Gasteiger partial charge in [-0.15, -0.1) is 0 Å². The Morgan fingerprint density at radius 3 is 2.69 bits per heavy atom. The number of rotatable bonds is 5. The molecule has 2 aromatic rings. The molecule has 1 amide bonds. The van der Waals surface area contributed by atoms with E-state index in [1.807, 2.05) is 49.9 Å². The van der Waals surface area contributed by atoms with Crippen LogP contribution in [0.25, 0.3) is 11.0 Å². The van der Waals surface area contributed by atoms with Crippen LogP contribution in [-0.4, -0.2) is 46.3 Å². The Balaban J connectivity index is 1.34.